The van der Waals surface area contributed by atoms with Gasteiger partial charge in [-0.15, -0.1) is 11.8 Å². The molecule has 0 aromatic heterocycles. The summed E-state index contributed by atoms with van der Waals surface area (Å²) in [5, 5.41) is 4.03. The van der Waals surface area contributed by atoms with Gasteiger partial charge in [-0.25, -0.2) is 0 Å². The number of halogens is 4. The first kappa shape index (κ1) is 17.0. The summed E-state index contributed by atoms with van der Waals surface area (Å²) in [5.74, 6) is -0.0634. The fourth-order valence-corrected chi connectivity index (χ4v) is 3.15. The van der Waals surface area contributed by atoms with Crippen molar-refractivity contribution in [3.63, 3.8) is 0 Å². The summed E-state index contributed by atoms with van der Waals surface area (Å²) in [7, 11) is 0. The molecule has 1 aliphatic heterocycles. The first-order chi connectivity index (χ1) is 10.3. The molecule has 0 spiro atoms. The molecule has 22 heavy (non-hydrogen) atoms. The Bertz CT molecular complexity index is 595. The highest BCUT2D eigenvalue weighted by Gasteiger charge is 2.33. The summed E-state index contributed by atoms with van der Waals surface area (Å²) in [4.78, 5) is 23.4. The summed E-state index contributed by atoms with van der Waals surface area (Å²) in [6.45, 7) is 0.549. The van der Waals surface area contributed by atoms with E-state index in [0.29, 0.717) is 12.3 Å². The quantitative estimate of drug-likeness (QED) is 0.879. The van der Waals surface area contributed by atoms with Crippen molar-refractivity contribution >= 4 is 40.9 Å². The Balaban J connectivity index is 2.04. The van der Waals surface area contributed by atoms with Crippen LogP contribution >= 0.6 is 23.4 Å². The molecule has 0 radical (unpaired) electrons. The molecule has 2 N–H and O–H groups in total. The van der Waals surface area contributed by atoms with Crippen LogP contribution < -0.4 is 10.6 Å². The second kappa shape index (κ2) is 6.78. The lowest BCUT2D eigenvalue weighted by molar-refractivity contribution is -0.137. The van der Waals surface area contributed by atoms with Crippen LogP contribution in [0.1, 0.15) is 12.0 Å². The van der Waals surface area contributed by atoms with E-state index in [4.69, 9.17) is 11.6 Å². The number of rotatable bonds is 3. The molecule has 1 aromatic rings. The van der Waals surface area contributed by atoms with Crippen molar-refractivity contribution < 1.29 is 22.8 Å². The van der Waals surface area contributed by atoms with Gasteiger partial charge in [0.1, 0.15) is 0 Å². The average molecular weight is 353 g/mol. The number of alkyl halides is 3. The Kier molecular flexibility index (Phi) is 5.23. The molecule has 0 bridgehead atoms. The maximum absolute atomic E-state index is 12.7. The zero-order valence-electron chi connectivity index (χ0n) is 11.2. The zero-order valence-corrected chi connectivity index (χ0v) is 12.7. The number of hydrogen-bond acceptors (Lipinski definition) is 3. The smallest absolute Gasteiger partial charge is 0.354 e. The van der Waals surface area contributed by atoms with E-state index in [1.54, 1.807) is 0 Å². The van der Waals surface area contributed by atoms with Crippen LogP contribution in [-0.2, 0) is 15.8 Å². The van der Waals surface area contributed by atoms with Crippen LogP contribution in [-0.4, -0.2) is 29.4 Å². The van der Waals surface area contributed by atoms with Crippen molar-refractivity contribution in [1.82, 2.24) is 5.32 Å². The number of thioether (sulfide) groups is 1. The molecule has 9 heteroatoms. The first-order valence-corrected chi connectivity index (χ1v) is 7.76. The molecule has 4 nitrogen and oxygen atoms in total. The van der Waals surface area contributed by atoms with Gasteiger partial charge in [0.2, 0.25) is 11.8 Å². The van der Waals surface area contributed by atoms with Crippen LogP contribution in [0.4, 0.5) is 18.9 Å². The molecular weight excluding hydrogens is 341 g/mol. The number of amides is 2. The van der Waals surface area contributed by atoms with Gasteiger partial charge in [0.25, 0.3) is 0 Å². The topological polar surface area (TPSA) is 58.2 Å². The van der Waals surface area contributed by atoms with Gasteiger partial charge in [0.15, 0.2) is 0 Å². The molecule has 0 aliphatic carbocycles. The number of nitrogens with one attached hydrogen (secondary N) is 2. The summed E-state index contributed by atoms with van der Waals surface area (Å²) in [5.41, 5.74) is -1.03. The van der Waals surface area contributed by atoms with E-state index >= 15 is 0 Å². The maximum atomic E-state index is 12.7. The molecule has 1 atom stereocenters. The van der Waals surface area contributed by atoms with Gasteiger partial charge in [0, 0.05) is 24.4 Å². The minimum atomic E-state index is -4.60. The molecule has 0 unspecified atom stereocenters. The minimum absolute atomic E-state index is 0.0112. The standard InChI is InChI=1S/C13H12ClF3N2O2S/c14-9-2-1-7(5-8(9)13(15,16)17)19-11(20)6-10-12(21)18-3-4-22-10/h1-2,5,10H,3-4,6H2,(H,18,21)(H,19,20)/t10-/m0/s1. The summed E-state index contributed by atoms with van der Waals surface area (Å²) in [6.07, 6.45) is -4.70. The molecule has 2 amide bonds. The molecule has 1 aliphatic rings. The highest BCUT2D eigenvalue weighted by atomic mass is 35.5. The van der Waals surface area contributed by atoms with E-state index < -0.39 is 27.9 Å². The Morgan fingerprint density at radius 1 is 1.45 bits per heavy atom. The van der Waals surface area contributed by atoms with Crippen molar-refractivity contribution in [2.75, 3.05) is 17.6 Å². The molecule has 0 saturated carbocycles. The molecule has 120 valence electrons. The van der Waals surface area contributed by atoms with Gasteiger partial charge < -0.3 is 10.6 Å². The second-order valence-electron chi connectivity index (χ2n) is 4.60. The Labute approximate surface area is 133 Å². The first-order valence-electron chi connectivity index (χ1n) is 6.33. The summed E-state index contributed by atoms with van der Waals surface area (Å²) in [6, 6.07) is 3.12. The van der Waals surface area contributed by atoms with Crippen molar-refractivity contribution in [1.29, 1.82) is 0 Å². The van der Waals surface area contributed by atoms with Crippen molar-refractivity contribution in [3.05, 3.63) is 28.8 Å². The second-order valence-corrected chi connectivity index (χ2v) is 6.31. The minimum Gasteiger partial charge on any atom is -0.354 e. The third-order valence-corrected chi connectivity index (χ3v) is 4.49. The molecule has 2 rings (SSSR count). The molecule has 1 fully saturated rings. The van der Waals surface area contributed by atoms with Crippen LogP contribution in [0.5, 0.6) is 0 Å². The number of anilines is 1. The fourth-order valence-electron chi connectivity index (χ4n) is 1.92. The van der Waals surface area contributed by atoms with Crippen LogP contribution in [0.15, 0.2) is 18.2 Å². The van der Waals surface area contributed by atoms with Gasteiger partial charge in [-0.2, -0.15) is 13.2 Å². The van der Waals surface area contributed by atoms with E-state index in [0.717, 1.165) is 12.1 Å². The van der Waals surface area contributed by atoms with Gasteiger partial charge in [-0.3, -0.25) is 9.59 Å². The van der Waals surface area contributed by atoms with Gasteiger partial charge in [-0.05, 0) is 18.2 Å². The Hall–Kier alpha value is -1.41. The largest absolute Gasteiger partial charge is 0.417 e. The lowest BCUT2D eigenvalue weighted by Gasteiger charge is -2.21. The predicted molar refractivity (Wildman–Crippen MR) is 79.0 cm³/mol. The van der Waals surface area contributed by atoms with E-state index in [1.165, 1.54) is 17.8 Å². The lowest BCUT2D eigenvalue weighted by atomic mass is 10.2. The number of carbonyl (C=O) groups excluding carboxylic acids is 2. The molecule has 1 saturated heterocycles. The maximum Gasteiger partial charge on any atom is 0.417 e. The Morgan fingerprint density at radius 2 is 2.18 bits per heavy atom. The van der Waals surface area contributed by atoms with Gasteiger partial charge in [-0.1, -0.05) is 11.6 Å². The predicted octanol–water partition coefficient (Wildman–Crippen LogP) is 2.92. The molecule has 1 aromatic carbocycles. The Morgan fingerprint density at radius 3 is 2.82 bits per heavy atom. The van der Waals surface area contributed by atoms with Gasteiger partial charge >= 0.3 is 6.18 Å². The molecular formula is C13H12ClF3N2O2S. The van der Waals surface area contributed by atoms with Crippen LogP contribution in [0.3, 0.4) is 0 Å². The SMILES string of the molecule is O=C(C[C@@H]1SCCNC1=O)Nc1ccc(Cl)c(C(F)(F)F)c1. The van der Waals surface area contributed by atoms with E-state index in [-0.39, 0.29) is 18.0 Å². The van der Waals surface area contributed by atoms with Crippen molar-refractivity contribution in [3.8, 4) is 0 Å². The summed E-state index contributed by atoms with van der Waals surface area (Å²) >= 11 is 6.85. The third-order valence-electron chi connectivity index (χ3n) is 2.94. The summed E-state index contributed by atoms with van der Waals surface area (Å²) < 4.78 is 38.2. The van der Waals surface area contributed by atoms with Crippen molar-refractivity contribution in [2.45, 2.75) is 17.8 Å². The number of carbonyl (C=O) groups is 2. The normalized spacial score (nSPS) is 18.7. The zero-order chi connectivity index (χ0) is 16.3. The number of hydrogen-bond donors (Lipinski definition) is 2. The van der Waals surface area contributed by atoms with E-state index in [1.807, 2.05) is 0 Å². The van der Waals surface area contributed by atoms with Crippen molar-refractivity contribution in [2.24, 2.45) is 0 Å². The van der Waals surface area contributed by atoms with E-state index in [2.05, 4.69) is 10.6 Å². The highest BCUT2D eigenvalue weighted by molar-refractivity contribution is 8.00. The highest BCUT2D eigenvalue weighted by Crippen LogP contribution is 2.36. The average Bonchev–Trinajstić information content (AvgIpc) is 2.42. The lowest BCUT2D eigenvalue weighted by Crippen LogP contribution is -2.40. The van der Waals surface area contributed by atoms with Gasteiger partial charge in [0.05, 0.1) is 15.8 Å². The molecule has 1 heterocycles. The van der Waals surface area contributed by atoms with Crippen LogP contribution in [0.2, 0.25) is 5.02 Å². The van der Waals surface area contributed by atoms with Crippen LogP contribution in [0, 0.1) is 0 Å². The third kappa shape index (κ3) is 4.30. The van der Waals surface area contributed by atoms with Crippen LogP contribution in [0.25, 0.3) is 0 Å². The fraction of sp³-hybridized carbons (Fsp3) is 0.385. The van der Waals surface area contributed by atoms with E-state index in [9.17, 15) is 22.8 Å². The number of benzene rings is 1. The monoisotopic (exact) mass is 352 g/mol.